The first-order chi connectivity index (χ1) is 13.2. The Balaban J connectivity index is 1.51. The minimum atomic E-state index is 0.315. The summed E-state index contributed by atoms with van der Waals surface area (Å²) < 4.78 is 10.5. The number of rotatable bonds is 5. The van der Waals surface area contributed by atoms with Crippen LogP contribution in [0.1, 0.15) is 5.56 Å². The minimum absolute atomic E-state index is 0.315. The average Bonchev–Trinajstić information content (AvgIpc) is 3.19. The first kappa shape index (κ1) is 16.7. The maximum atomic E-state index is 5.32. The van der Waals surface area contributed by atoms with Gasteiger partial charge in [-0.3, -0.25) is 0 Å². The van der Waals surface area contributed by atoms with Gasteiger partial charge in [-0.2, -0.15) is 4.98 Å². The van der Waals surface area contributed by atoms with Crippen molar-refractivity contribution in [2.75, 3.05) is 12.4 Å². The molecule has 4 aromatic rings. The third-order valence-electron chi connectivity index (χ3n) is 3.95. The van der Waals surface area contributed by atoms with Crippen molar-refractivity contribution in [1.29, 1.82) is 0 Å². The van der Waals surface area contributed by atoms with E-state index in [0.717, 1.165) is 17.0 Å². The quantitative estimate of drug-likeness (QED) is 0.570. The molecule has 7 heteroatoms. The molecule has 0 spiro atoms. The third-order valence-corrected chi connectivity index (χ3v) is 3.95. The highest BCUT2D eigenvalue weighted by Gasteiger charge is 2.12. The molecule has 4 rings (SSSR count). The van der Waals surface area contributed by atoms with Crippen LogP contribution in [0.2, 0.25) is 0 Å². The number of nitrogens with zero attached hydrogens (tertiary/aromatic N) is 4. The van der Waals surface area contributed by atoms with Crippen molar-refractivity contribution in [2.45, 2.75) is 6.92 Å². The van der Waals surface area contributed by atoms with Gasteiger partial charge in [0, 0.05) is 11.3 Å². The highest BCUT2D eigenvalue weighted by Crippen LogP contribution is 2.23. The van der Waals surface area contributed by atoms with Gasteiger partial charge in [-0.1, -0.05) is 17.3 Å². The van der Waals surface area contributed by atoms with Crippen LogP contribution < -0.4 is 10.1 Å². The highest BCUT2D eigenvalue weighted by molar-refractivity contribution is 5.60. The lowest BCUT2D eigenvalue weighted by molar-refractivity contribution is 0.414. The van der Waals surface area contributed by atoms with Gasteiger partial charge in [0.1, 0.15) is 5.75 Å². The van der Waals surface area contributed by atoms with E-state index in [4.69, 9.17) is 9.26 Å². The fourth-order valence-corrected chi connectivity index (χ4v) is 2.57. The molecule has 0 amide bonds. The highest BCUT2D eigenvalue weighted by atomic mass is 16.5. The lowest BCUT2D eigenvalue weighted by Gasteiger charge is -2.05. The van der Waals surface area contributed by atoms with Crippen LogP contribution in [0.15, 0.2) is 65.2 Å². The number of hydrogen-bond donors (Lipinski definition) is 1. The molecular formula is C20H17N5O2. The second-order valence-electron chi connectivity index (χ2n) is 5.95. The van der Waals surface area contributed by atoms with Crippen molar-refractivity contribution in [3.63, 3.8) is 0 Å². The number of nitrogens with one attached hydrogen (secondary N) is 1. The van der Waals surface area contributed by atoms with Crippen molar-refractivity contribution in [3.8, 4) is 28.7 Å². The molecule has 2 aromatic carbocycles. The van der Waals surface area contributed by atoms with Crippen LogP contribution in [0.4, 0.5) is 11.5 Å². The first-order valence-corrected chi connectivity index (χ1v) is 8.37. The molecule has 0 unspecified atom stereocenters. The molecule has 134 valence electrons. The Morgan fingerprint density at radius 1 is 0.963 bits per heavy atom. The molecule has 0 aliphatic rings. The summed E-state index contributed by atoms with van der Waals surface area (Å²) in [7, 11) is 1.62. The topological polar surface area (TPSA) is 86.0 Å². The predicted octanol–water partition coefficient (Wildman–Crippen LogP) is 4.25. The maximum Gasteiger partial charge on any atom is 0.278 e. The summed E-state index contributed by atoms with van der Waals surface area (Å²) in [4.78, 5) is 4.39. The second-order valence-corrected chi connectivity index (χ2v) is 5.95. The van der Waals surface area contributed by atoms with E-state index >= 15 is 0 Å². The molecule has 2 heterocycles. The van der Waals surface area contributed by atoms with Crippen molar-refractivity contribution in [3.05, 3.63) is 66.2 Å². The summed E-state index contributed by atoms with van der Waals surface area (Å²) >= 11 is 0. The number of aryl methyl sites for hydroxylation is 1. The Morgan fingerprint density at radius 3 is 2.52 bits per heavy atom. The van der Waals surface area contributed by atoms with E-state index in [1.807, 2.05) is 61.5 Å². The SMILES string of the molecule is COc1ccc(-c2noc(-c3ccc(Nc4cccc(C)c4)nn3)n2)cc1. The second kappa shape index (κ2) is 7.25. The van der Waals surface area contributed by atoms with Crippen LogP contribution >= 0.6 is 0 Å². The largest absolute Gasteiger partial charge is 0.497 e. The zero-order chi connectivity index (χ0) is 18.6. The molecule has 0 fully saturated rings. The summed E-state index contributed by atoms with van der Waals surface area (Å²) in [5.41, 5.74) is 3.46. The number of benzene rings is 2. The normalized spacial score (nSPS) is 10.6. The molecule has 0 aliphatic carbocycles. The number of aromatic nitrogens is 4. The average molecular weight is 359 g/mol. The summed E-state index contributed by atoms with van der Waals surface area (Å²) in [5, 5.41) is 15.6. The zero-order valence-corrected chi connectivity index (χ0v) is 14.9. The van der Waals surface area contributed by atoms with Crippen molar-refractivity contribution in [1.82, 2.24) is 20.3 Å². The van der Waals surface area contributed by atoms with E-state index in [-0.39, 0.29) is 0 Å². The Morgan fingerprint density at radius 2 is 1.81 bits per heavy atom. The summed E-state index contributed by atoms with van der Waals surface area (Å²) in [6.45, 7) is 2.04. The third kappa shape index (κ3) is 3.77. The Labute approximate surface area is 156 Å². The van der Waals surface area contributed by atoms with Gasteiger partial charge in [0.25, 0.3) is 5.89 Å². The molecule has 0 bridgehead atoms. The van der Waals surface area contributed by atoms with E-state index in [1.54, 1.807) is 13.2 Å². The van der Waals surface area contributed by atoms with Gasteiger partial charge in [-0.05, 0) is 61.0 Å². The fourth-order valence-electron chi connectivity index (χ4n) is 2.57. The molecule has 7 nitrogen and oxygen atoms in total. The van der Waals surface area contributed by atoms with Crippen LogP contribution in [0.3, 0.4) is 0 Å². The van der Waals surface area contributed by atoms with Gasteiger partial charge in [-0.15, -0.1) is 10.2 Å². The van der Waals surface area contributed by atoms with Crippen LogP contribution in [0.25, 0.3) is 23.0 Å². The van der Waals surface area contributed by atoms with Gasteiger partial charge in [-0.25, -0.2) is 0 Å². The van der Waals surface area contributed by atoms with Crippen molar-refractivity contribution < 1.29 is 9.26 Å². The van der Waals surface area contributed by atoms with Crippen LogP contribution in [0.5, 0.6) is 5.75 Å². The van der Waals surface area contributed by atoms with Gasteiger partial charge in [0.2, 0.25) is 5.82 Å². The number of ether oxygens (including phenoxy) is 1. The Bertz CT molecular complexity index is 1040. The lowest BCUT2D eigenvalue weighted by Crippen LogP contribution is -1.96. The van der Waals surface area contributed by atoms with E-state index in [9.17, 15) is 0 Å². The minimum Gasteiger partial charge on any atom is -0.497 e. The molecule has 0 saturated carbocycles. The van der Waals surface area contributed by atoms with E-state index in [1.165, 1.54) is 5.56 Å². The first-order valence-electron chi connectivity index (χ1n) is 8.37. The molecule has 2 aromatic heterocycles. The lowest BCUT2D eigenvalue weighted by atomic mass is 10.2. The molecule has 0 aliphatic heterocycles. The van der Waals surface area contributed by atoms with E-state index in [0.29, 0.717) is 23.2 Å². The Kier molecular flexibility index (Phi) is 4.49. The van der Waals surface area contributed by atoms with Gasteiger partial charge in [0.05, 0.1) is 7.11 Å². The predicted molar refractivity (Wildman–Crippen MR) is 102 cm³/mol. The summed E-state index contributed by atoms with van der Waals surface area (Å²) in [6.07, 6.45) is 0. The monoisotopic (exact) mass is 359 g/mol. The maximum absolute atomic E-state index is 5.32. The van der Waals surface area contributed by atoms with Crippen LogP contribution in [-0.2, 0) is 0 Å². The van der Waals surface area contributed by atoms with Crippen molar-refractivity contribution >= 4 is 11.5 Å². The van der Waals surface area contributed by atoms with Crippen LogP contribution in [-0.4, -0.2) is 27.4 Å². The fraction of sp³-hybridized carbons (Fsp3) is 0.100. The molecule has 0 saturated heterocycles. The standard InChI is InChI=1S/C20H17N5O2/c1-13-4-3-5-15(12-13)21-18-11-10-17(23-24-18)20-22-19(25-27-20)14-6-8-16(26-2)9-7-14/h3-12H,1-2H3,(H,21,24). The molecule has 0 radical (unpaired) electrons. The molecule has 1 N–H and O–H groups in total. The van der Waals surface area contributed by atoms with Crippen molar-refractivity contribution in [2.24, 2.45) is 0 Å². The van der Waals surface area contributed by atoms with E-state index < -0.39 is 0 Å². The molecule has 0 atom stereocenters. The molecule has 27 heavy (non-hydrogen) atoms. The smallest absolute Gasteiger partial charge is 0.278 e. The van der Waals surface area contributed by atoms with Gasteiger partial charge in [0.15, 0.2) is 11.5 Å². The molecular weight excluding hydrogens is 342 g/mol. The number of hydrogen-bond acceptors (Lipinski definition) is 7. The van der Waals surface area contributed by atoms with E-state index in [2.05, 4.69) is 25.7 Å². The van der Waals surface area contributed by atoms with Gasteiger partial charge < -0.3 is 14.6 Å². The number of methoxy groups -OCH3 is 1. The summed E-state index contributed by atoms with van der Waals surface area (Å²) in [5.74, 6) is 2.20. The van der Waals surface area contributed by atoms with Gasteiger partial charge >= 0.3 is 0 Å². The Hall–Kier alpha value is -3.74. The summed E-state index contributed by atoms with van der Waals surface area (Å²) in [6, 6.07) is 19.1. The zero-order valence-electron chi connectivity index (χ0n) is 14.9. The van der Waals surface area contributed by atoms with Crippen LogP contribution in [0, 0.1) is 6.92 Å². The number of anilines is 2.